The molecule has 2 atom stereocenters. The smallest absolute Gasteiger partial charge is 0.336 e. The van der Waals surface area contributed by atoms with Crippen LogP contribution in [0, 0.1) is 5.92 Å². The molecule has 0 radical (unpaired) electrons. The number of hydrogen-bond acceptors (Lipinski definition) is 5. The number of allylic oxidation sites excluding steroid dienone is 3. The van der Waals surface area contributed by atoms with Crippen LogP contribution in [-0.2, 0) is 14.3 Å². The van der Waals surface area contributed by atoms with E-state index in [0.717, 1.165) is 23.4 Å². The van der Waals surface area contributed by atoms with E-state index in [1.54, 1.807) is 19.3 Å². The molecule has 3 rings (SSSR count). The summed E-state index contributed by atoms with van der Waals surface area (Å²) in [4.78, 5) is 29.5. The predicted octanol–water partition coefficient (Wildman–Crippen LogP) is 2.86. The fourth-order valence-electron chi connectivity index (χ4n) is 3.57. The first-order chi connectivity index (χ1) is 11.7. The zero-order chi connectivity index (χ0) is 17.1. The third-order valence-electron chi connectivity index (χ3n) is 4.59. The number of nitrogens with zero attached hydrogens (tertiary/aromatic N) is 1. The summed E-state index contributed by atoms with van der Waals surface area (Å²) in [6.45, 7) is 4.09. The Hall–Kier alpha value is -2.43. The quantitative estimate of drug-likeness (QED) is 0.862. The number of fused-ring (bicyclic) bond motifs is 1. The lowest BCUT2D eigenvalue weighted by Gasteiger charge is -2.38. The van der Waals surface area contributed by atoms with Crippen molar-refractivity contribution in [3.05, 3.63) is 53.1 Å². The van der Waals surface area contributed by atoms with E-state index in [4.69, 9.17) is 4.74 Å². The van der Waals surface area contributed by atoms with Crippen molar-refractivity contribution < 1.29 is 14.3 Å². The van der Waals surface area contributed by atoms with Crippen LogP contribution in [0.15, 0.2) is 47.6 Å². The minimum absolute atomic E-state index is 0.158. The van der Waals surface area contributed by atoms with Crippen LogP contribution in [0.25, 0.3) is 0 Å². The maximum atomic E-state index is 12.7. The average molecular weight is 326 g/mol. The molecule has 5 heteroatoms. The average Bonchev–Trinajstić information content (AvgIpc) is 2.61. The molecule has 0 saturated carbocycles. The van der Waals surface area contributed by atoms with Crippen LogP contribution in [0.1, 0.15) is 44.6 Å². The van der Waals surface area contributed by atoms with Crippen LogP contribution in [-0.4, -0.2) is 23.3 Å². The number of carbonyl (C=O) groups excluding carboxylic acids is 2. The van der Waals surface area contributed by atoms with Crippen LogP contribution in [0.2, 0.25) is 0 Å². The Balaban J connectivity index is 2.18. The number of ketones is 1. The van der Waals surface area contributed by atoms with Crippen LogP contribution in [0.5, 0.6) is 0 Å². The van der Waals surface area contributed by atoms with Crippen molar-refractivity contribution in [2.24, 2.45) is 5.92 Å². The van der Waals surface area contributed by atoms with E-state index in [1.165, 1.54) is 0 Å². The van der Waals surface area contributed by atoms with Crippen LogP contribution >= 0.6 is 0 Å². The van der Waals surface area contributed by atoms with Gasteiger partial charge in [-0.2, -0.15) is 0 Å². The summed E-state index contributed by atoms with van der Waals surface area (Å²) in [5, 5.41) is 3.32. The maximum Gasteiger partial charge on any atom is 0.336 e. The summed E-state index contributed by atoms with van der Waals surface area (Å²) in [6, 6.07) is 3.76. The van der Waals surface area contributed by atoms with Crippen molar-refractivity contribution >= 4 is 11.8 Å². The van der Waals surface area contributed by atoms with Crippen molar-refractivity contribution in [3.8, 4) is 0 Å². The Morgan fingerprint density at radius 2 is 2.21 bits per heavy atom. The second-order valence-electron chi connectivity index (χ2n) is 6.00. The second kappa shape index (κ2) is 6.99. The van der Waals surface area contributed by atoms with Gasteiger partial charge >= 0.3 is 5.97 Å². The Morgan fingerprint density at radius 1 is 1.38 bits per heavy atom. The molecule has 126 valence electrons. The van der Waals surface area contributed by atoms with E-state index in [-0.39, 0.29) is 23.6 Å². The van der Waals surface area contributed by atoms with Gasteiger partial charge in [0.2, 0.25) is 0 Å². The van der Waals surface area contributed by atoms with E-state index < -0.39 is 0 Å². The molecule has 1 aromatic heterocycles. The number of ether oxygens (including phenoxy) is 1. The Morgan fingerprint density at radius 3 is 2.88 bits per heavy atom. The van der Waals surface area contributed by atoms with Crippen molar-refractivity contribution in [2.45, 2.75) is 39.0 Å². The number of Topliss-reactive ketones (excluding diaryl/α,β-unsaturated/α-hetero) is 1. The molecule has 0 spiro atoms. The molecule has 1 aliphatic heterocycles. The molecule has 2 heterocycles. The first-order valence-electron chi connectivity index (χ1n) is 8.47. The zero-order valence-corrected chi connectivity index (χ0v) is 14.0. The molecule has 0 bridgehead atoms. The fourth-order valence-corrected chi connectivity index (χ4v) is 3.57. The molecule has 5 nitrogen and oxygen atoms in total. The number of rotatable bonds is 4. The molecule has 0 amide bonds. The lowest BCUT2D eigenvalue weighted by Crippen LogP contribution is -2.41. The summed E-state index contributed by atoms with van der Waals surface area (Å²) in [6.07, 6.45) is 7.42. The Bertz CT molecular complexity index is 707. The highest BCUT2D eigenvalue weighted by molar-refractivity contribution is 5.96. The van der Waals surface area contributed by atoms with Gasteiger partial charge in [-0.15, -0.1) is 0 Å². The molecule has 0 fully saturated rings. The van der Waals surface area contributed by atoms with Crippen molar-refractivity contribution in [3.63, 3.8) is 0 Å². The molecule has 1 aliphatic carbocycles. The van der Waals surface area contributed by atoms with E-state index in [1.807, 2.05) is 19.1 Å². The first-order valence-corrected chi connectivity index (χ1v) is 8.47. The molecular weight excluding hydrogens is 304 g/mol. The highest BCUT2D eigenvalue weighted by atomic mass is 16.5. The third kappa shape index (κ3) is 2.86. The molecule has 2 unspecified atom stereocenters. The highest BCUT2D eigenvalue weighted by Crippen LogP contribution is 2.44. The standard InChI is InChI=1S/C19H22N2O3/c1-3-13-18(19(23)24-4-2)16(12-7-6-10-20-11-12)17-14(21-13)8-5-9-15(17)22/h6-8,10-11,16-17,21H,3-5,9H2,1-2H3. The van der Waals surface area contributed by atoms with Gasteiger partial charge in [0, 0.05) is 36.1 Å². The number of pyridine rings is 1. The molecule has 1 aromatic rings. The van der Waals surface area contributed by atoms with Gasteiger partial charge in [-0.1, -0.05) is 19.1 Å². The molecule has 1 N–H and O–H groups in total. The SMILES string of the molecule is CCOC(=O)C1=C(CC)NC2=CCCC(=O)C2C1c1cccnc1. The van der Waals surface area contributed by atoms with Gasteiger partial charge in [-0.05, 0) is 31.4 Å². The van der Waals surface area contributed by atoms with Crippen LogP contribution < -0.4 is 5.32 Å². The Kier molecular flexibility index (Phi) is 4.79. The van der Waals surface area contributed by atoms with E-state index in [2.05, 4.69) is 16.4 Å². The molecule has 0 saturated heterocycles. The van der Waals surface area contributed by atoms with Gasteiger partial charge in [-0.3, -0.25) is 9.78 Å². The summed E-state index contributed by atoms with van der Waals surface area (Å²) in [7, 11) is 0. The fraction of sp³-hybridized carbons (Fsp3) is 0.421. The lowest BCUT2D eigenvalue weighted by molar-refractivity contribution is -0.139. The van der Waals surface area contributed by atoms with Gasteiger partial charge in [0.15, 0.2) is 0 Å². The second-order valence-corrected chi connectivity index (χ2v) is 6.00. The summed E-state index contributed by atoms with van der Waals surface area (Å²) >= 11 is 0. The summed E-state index contributed by atoms with van der Waals surface area (Å²) in [5.41, 5.74) is 3.17. The maximum absolute atomic E-state index is 12.7. The number of esters is 1. The van der Waals surface area contributed by atoms with E-state index >= 15 is 0 Å². The van der Waals surface area contributed by atoms with Gasteiger partial charge in [-0.25, -0.2) is 4.79 Å². The molecule has 0 aromatic carbocycles. The van der Waals surface area contributed by atoms with E-state index in [9.17, 15) is 9.59 Å². The summed E-state index contributed by atoms with van der Waals surface area (Å²) < 4.78 is 5.29. The summed E-state index contributed by atoms with van der Waals surface area (Å²) in [5.74, 6) is -0.899. The predicted molar refractivity (Wildman–Crippen MR) is 89.9 cm³/mol. The monoisotopic (exact) mass is 326 g/mol. The highest BCUT2D eigenvalue weighted by Gasteiger charge is 2.43. The number of hydrogen-bond donors (Lipinski definition) is 1. The molecule has 24 heavy (non-hydrogen) atoms. The van der Waals surface area contributed by atoms with Crippen LogP contribution in [0.4, 0.5) is 0 Å². The minimum atomic E-state index is -0.363. The van der Waals surface area contributed by atoms with Crippen LogP contribution in [0.3, 0.4) is 0 Å². The third-order valence-corrected chi connectivity index (χ3v) is 4.59. The number of carbonyl (C=O) groups is 2. The topological polar surface area (TPSA) is 68.3 Å². The van der Waals surface area contributed by atoms with Gasteiger partial charge in [0.25, 0.3) is 0 Å². The lowest BCUT2D eigenvalue weighted by atomic mass is 9.71. The van der Waals surface area contributed by atoms with Crippen molar-refractivity contribution in [1.29, 1.82) is 0 Å². The number of aromatic nitrogens is 1. The zero-order valence-electron chi connectivity index (χ0n) is 14.0. The first kappa shape index (κ1) is 16.4. The van der Waals surface area contributed by atoms with Gasteiger partial charge in [0.1, 0.15) is 5.78 Å². The minimum Gasteiger partial charge on any atom is -0.463 e. The van der Waals surface area contributed by atoms with Crippen molar-refractivity contribution in [1.82, 2.24) is 10.3 Å². The largest absolute Gasteiger partial charge is 0.463 e. The normalized spacial score (nSPS) is 23.2. The molecule has 2 aliphatic rings. The Labute approximate surface area is 141 Å². The van der Waals surface area contributed by atoms with Gasteiger partial charge < -0.3 is 10.1 Å². The van der Waals surface area contributed by atoms with Crippen molar-refractivity contribution in [2.75, 3.05) is 6.61 Å². The molecular formula is C19H22N2O3. The van der Waals surface area contributed by atoms with E-state index in [0.29, 0.717) is 25.0 Å². The number of nitrogens with one attached hydrogen (secondary N) is 1. The van der Waals surface area contributed by atoms with Gasteiger partial charge in [0.05, 0.1) is 18.1 Å².